The number of nitrogens with zero attached hydrogens (tertiary/aromatic N) is 4. The molecule has 226 valence electrons. The Bertz CT molecular complexity index is 1780. The van der Waals surface area contributed by atoms with E-state index in [9.17, 15) is 17.6 Å². The number of aryl methyl sites for hydroxylation is 2. The lowest BCUT2D eigenvalue weighted by atomic mass is 9.77. The summed E-state index contributed by atoms with van der Waals surface area (Å²) in [5, 5.41) is 0.280. The third-order valence-electron chi connectivity index (χ3n) is 8.95. The second-order valence-electron chi connectivity index (χ2n) is 12.2. The number of amides is 1. The molecule has 1 saturated carbocycles. The maximum absolute atomic E-state index is 15.3. The predicted octanol–water partition coefficient (Wildman–Crippen LogP) is 6.59. The fourth-order valence-corrected chi connectivity index (χ4v) is 8.00. The van der Waals surface area contributed by atoms with E-state index in [-0.39, 0.29) is 33.7 Å². The molecule has 7 nitrogen and oxygen atoms in total. The Morgan fingerprint density at radius 3 is 2.47 bits per heavy atom. The first-order valence-corrected chi connectivity index (χ1v) is 16.5. The van der Waals surface area contributed by atoms with Crippen LogP contribution < -0.4 is 0 Å². The number of benzene rings is 1. The summed E-state index contributed by atoms with van der Waals surface area (Å²) in [5.74, 6) is -0.348. The standard InChI is InChI=1S/C33H36F2N4O3S/c1-21-8-10-26(11-9-21)43(41,42)39-20-28(27-18-25(34)19-36-33(27)39)32-22(2)14-29(35)30(37-32)16-23-6-5-7-24(15-23)17-31(40)38-12-3-4-13-38/h8-11,14,18-20,23-24H,3-7,12-13,15-17H2,1-2H3/t23?,24-/m1/s1. The van der Waals surface area contributed by atoms with Gasteiger partial charge in [-0.2, -0.15) is 0 Å². The smallest absolute Gasteiger partial charge is 0.269 e. The van der Waals surface area contributed by atoms with Gasteiger partial charge in [-0.15, -0.1) is 0 Å². The van der Waals surface area contributed by atoms with Crippen LogP contribution in [0, 0.1) is 37.3 Å². The highest BCUT2D eigenvalue weighted by atomic mass is 32.2. The third-order valence-corrected chi connectivity index (χ3v) is 10.6. The van der Waals surface area contributed by atoms with Gasteiger partial charge in [0.1, 0.15) is 11.6 Å². The van der Waals surface area contributed by atoms with E-state index in [0.717, 1.165) is 67.3 Å². The van der Waals surface area contributed by atoms with Gasteiger partial charge in [0.15, 0.2) is 5.65 Å². The van der Waals surface area contributed by atoms with Gasteiger partial charge in [-0.1, -0.05) is 30.5 Å². The molecule has 1 saturated heterocycles. The van der Waals surface area contributed by atoms with Gasteiger partial charge in [0.25, 0.3) is 10.0 Å². The minimum absolute atomic E-state index is 0.0711. The SMILES string of the molecule is Cc1ccc(S(=O)(=O)n2cc(-c3nc(CC4CCC[C@@H](CC(=O)N5CCCC5)C4)c(F)cc3C)c3cc(F)cnc32)cc1. The molecule has 4 heterocycles. The average Bonchev–Trinajstić information content (AvgIpc) is 3.64. The Labute approximate surface area is 251 Å². The molecule has 2 fully saturated rings. The molecule has 3 aromatic heterocycles. The molecule has 10 heteroatoms. The molecule has 2 aliphatic rings. The van der Waals surface area contributed by atoms with E-state index >= 15 is 4.39 Å². The third kappa shape index (κ3) is 5.94. The molecule has 1 aliphatic heterocycles. The van der Waals surface area contributed by atoms with Gasteiger partial charge in [0.2, 0.25) is 5.91 Å². The lowest BCUT2D eigenvalue weighted by Crippen LogP contribution is -2.31. The van der Waals surface area contributed by atoms with Crippen LogP contribution in [0.25, 0.3) is 22.3 Å². The monoisotopic (exact) mass is 606 g/mol. The number of pyridine rings is 2. The van der Waals surface area contributed by atoms with Crippen molar-refractivity contribution < 1.29 is 22.0 Å². The Balaban J connectivity index is 1.32. The number of carbonyl (C=O) groups is 1. The van der Waals surface area contributed by atoms with Crippen LogP contribution in [0.5, 0.6) is 0 Å². The van der Waals surface area contributed by atoms with E-state index in [0.29, 0.717) is 35.4 Å². The molecule has 0 bridgehead atoms. The number of hydrogen-bond acceptors (Lipinski definition) is 5. The number of aromatic nitrogens is 3. The second-order valence-corrected chi connectivity index (χ2v) is 14.0. The van der Waals surface area contributed by atoms with Crippen LogP contribution in [0.1, 0.15) is 61.8 Å². The van der Waals surface area contributed by atoms with Gasteiger partial charge in [0.05, 0.1) is 22.5 Å². The van der Waals surface area contributed by atoms with Crippen molar-refractivity contribution in [1.82, 2.24) is 18.8 Å². The second kappa shape index (κ2) is 11.8. The van der Waals surface area contributed by atoms with Crippen LogP contribution in [0.3, 0.4) is 0 Å². The quantitative estimate of drug-likeness (QED) is 0.237. The van der Waals surface area contributed by atoms with Gasteiger partial charge >= 0.3 is 0 Å². The first-order valence-electron chi connectivity index (χ1n) is 15.0. The maximum atomic E-state index is 15.3. The lowest BCUT2D eigenvalue weighted by molar-refractivity contribution is -0.131. The molecule has 1 unspecified atom stereocenters. The summed E-state index contributed by atoms with van der Waals surface area (Å²) < 4.78 is 58.2. The fourth-order valence-electron chi connectivity index (χ4n) is 6.67. The zero-order chi connectivity index (χ0) is 30.3. The van der Waals surface area contributed by atoms with Crippen LogP contribution in [0.15, 0.2) is 53.7 Å². The highest BCUT2D eigenvalue weighted by molar-refractivity contribution is 7.90. The summed E-state index contributed by atoms with van der Waals surface area (Å²) in [6.45, 7) is 5.27. The molecule has 43 heavy (non-hydrogen) atoms. The van der Waals surface area contributed by atoms with Crippen molar-refractivity contribution in [2.45, 2.75) is 70.1 Å². The summed E-state index contributed by atoms with van der Waals surface area (Å²) in [6.07, 6.45) is 9.24. The molecule has 6 rings (SSSR count). The van der Waals surface area contributed by atoms with Crippen molar-refractivity contribution in [3.8, 4) is 11.3 Å². The first kappa shape index (κ1) is 29.4. The van der Waals surface area contributed by atoms with Crippen LogP contribution >= 0.6 is 0 Å². The highest BCUT2D eigenvalue weighted by Gasteiger charge is 2.29. The molecule has 1 amide bonds. The fraction of sp³-hybridized carbons (Fsp3) is 0.424. The Morgan fingerprint density at radius 1 is 1.00 bits per heavy atom. The number of halogens is 2. The number of carbonyl (C=O) groups excluding carboxylic acids is 1. The van der Waals surface area contributed by atoms with Gasteiger partial charge < -0.3 is 4.90 Å². The molecule has 0 N–H and O–H groups in total. The van der Waals surface area contributed by atoms with E-state index in [1.54, 1.807) is 19.1 Å². The minimum Gasteiger partial charge on any atom is -0.343 e. The average molecular weight is 607 g/mol. The summed E-state index contributed by atoms with van der Waals surface area (Å²) in [5.41, 5.74) is 2.55. The summed E-state index contributed by atoms with van der Waals surface area (Å²) in [4.78, 5) is 23.7. The van der Waals surface area contributed by atoms with E-state index in [1.165, 1.54) is 30.5 Å². The van der Waals surface area contributed by atoms with Crippen LogP contribution in [0.2, 0.25) is 0 Å². The Morgan fingerprint density at radius 2 is 1.72 bits per heavy atom. The van der Waals surface area contributed by atoms with Crippen molar-refractivity contribution in [2.24, 2.45) is 11.8 Å². The molecule has 1 aliphatic carbocycles. The van der Waals surface area contributed by atoms with Crippen molar-refractivity contribution in [3.05, 3.63) is 77.2 Å². The number of fused-ring (bicyclic) bond motifs is 1. The van der Waals surface area contributed by atoms with Crippen molar-refractivity contribution in [1.29, 1.82) is 0 Å². The molecule has 0 spiro atoms. The van der Waals surface area contributed by atoms with Gasteiger partial charge in [-0.3, -0.25) is 4.79 Å². The van der Waals surface area contributed by atoms with Gasteiger partial charge in [-0.05, 0) is 87.6 Å². The maximum Gasteiger partial charge on any atom is 0.269 e. The van der Waals surface area contributed by atoms with Crippen molar-refractivity contribution >= 4 is 27.0 Å². The predicted molar refractivity (Wildman–Crippen MR) is 161 cm³/mol. The van der Waals surface area contributed by atoms with Gasteiger partial charge in [0, 0.05) is 36.7 Å². The Kier molecular flexibility index (Phi) is 8.06. The largest absolute Gasteiger partial charge is 0.343 e. The zero-order valence-corrected chi connectivity index (χ0v) is 25.3. The molecule has 4 aromatic rings. The van der Waals surface area contributed by atoms with Crippen LogP contribution in [-0.4, -0.2) is 46.3 Å². The summed E-state index contributed by atoms with van der Waals surface area (Å²) in [7, 11) is -4.06. The van der Waals surface area contributed by atoms with Crippen LogP contribution in [-0.2, 0) is 21.2 Å². The highest BCUT2D eigenvalue weighted by Crippen LogP contribution is 2.37. The molecule has 0 radical (unpaired) electrons. The Hall–Kier alpha value is -3.66. The topological polar surface area (TPSA) is 85.2 Å². The zero-order valence-electron chi connectivity index (χ0n) is 24.5. The number of hydrogen-bond donors (Lipinski definition) is 0. The molecule has 1 aromatic carbocycles. The normalized spacial score (nSPS) is 19.3. The van der Waals surface area contributed by atoms with Crippen molar-refractivity contribution in [3.63, 3.8) is 0 Å². The number of rotatable bonds is 7. The molecule has 2 atom stereocenters. The lowest BCUT2D eigenvalue weighted by Gasteiger charge is -2.30. The van der Waals surface area contributed by atoms with Crippen molar-refractivity contribution in [2.75, 3.05) is 13.1 Å². The minimum atomic E-state index is -4.06. The first-order chi connectivity index (χ1) is 20.6. The van der Waals surface area contributed by atoms with Gasteiger partial charge in [-0.25, -0.2) is 31.1 Å². The van der Waals surface area contributed by atoms with E-state index < -0.39 is 21.7 Å². The molecular weight excluding hydrogens is 570 g/mol. The van der Waals surface area contributed by atoms with E-state index in [4.69, 9.17) is 4.98 Å². The molecular formula is C33H36F2N4O3S. The van der Waals surface area contributed by atoms with Crippen LogP contribution in [0.4, 0.5) is 8.78 Å². The van der Waals surface area contributed by atoms with E-state index in [2.05, 4.69) is 4.98 Å². The summed E-state index contributed by atoms with van der Waals surface area (Å²) in [6, 6.07) is 9.13. The van der Waals surface area contributed by atoms with E-state index in [1.807, 2.05) is 11.8 Å². The summed E-state index contributed by atoms with van der Waals surface area (Å²) >= 11 is 0. The number of likely N-dealkylation sites (tertiary alicyclic amines) is 1.